The average molecular weight is 358 g/mol. The molecule has 106 valence electrons. The first kappa shape index (κ1) is 13.9. The van der Waals surface area contributed by atoms with Gasteiger partial charge in [0.1, 0.15) is 16.2 Å². The number of methoxy groups -OCH3 is 1. The van der Waals surface area contributed by atoms with Crippen LogP contribution in [0.5, 0.6) is 5.75 Å². The van der Waals surface area contributed by atoms with Crippen molar-refractivity contribution in [3.8, 4) is 17.1 Å². The minimum atomic E-state index is 0.598. The summed E-state index contributed by atoms with van der Waals surface area (Å²) in [5.74, 6) is 1.56. The van der Waals surface area contributed by atoms with E-state index in [9.17, 15) is 0 Å². The van der Waals surface area contributed by atoms with Crippen LogP contribution in [0.4, 0.5) is 0 Å². The Morgan fingerprint density at radius 1 is 1.40 bits per heavy atom. The third-order valence-corrected chi connectivity index (χ3v) is 4.32. The van der Waals surface area contributed by atoms with Crippen LogP contribution in [0.15, 0.2) is 22.8 Å². The van der Waals surface area contributed by atoms with Crippen LogP contribution in [-0.2, 0) is 17.7 Å². The molecule has 1 aromatic heterocycles. The number of halogens is 2. The van der Waals surface area contributed by atoms with E-state index in [1.54, 1.807) is 7.11 Å². The summed E-state index contributed by atoms with van der Waals surface area (Å²) in [5, 5.41) is 0.598. The fourth-order valence-electron chi connectivity index (χ4n) is 2.38. The van der Waals surface area contributed by atoms with Crippen molar-refractivity contribution in [2.75, 3.05) is 20.3 Å². The lowest BCUT2D eigenvalue weighted by atomic mass is 10.2. The standard InChI is InChI=1S/C14H14BrClN2O2/c1-19-12-8-9(2-3-10(12)16)14-17-13(15)11-4-6-20-7-5-18(11)14/h2-3,8H,4-7H2,1H3. The van der Waals surface area contributed by atoms with E-state index in [-0.39, 0.29) is 0 Å². The highest BCUT2D eigenvalue weighted by molar-refractivity contribution is 9.10. The molecule has 0 bridgehead atoms. The zero-order chi connectivity index (χ0) is 14.1. The van der Waals surface area contributed by atoms with E-state index in [1.165, 1.54) is 5.69 Å². The average Bonchev–Trinajstić information content (AvgIpc) is 2.65. The maximum absolute atomic E-state index is 6.08. The number of hydrogen-bond donors (Lipinski definition) is 0. The number of nitrogens with zero attached hydrogens (tertiary/aromatic N) is 2. The second kappa shape index (κ2) is 5.76. The number of hydrogen-bond acceptors (Lipinski definition) is 3. The number of fused-ring (bicyclic) bond motifs is 1. The second-order valence-electron chi connectivity index (χ2n) is 4.54. The van der Waals surface area contributed by atoms with Crippen LogP contribution in [0.25, 0.3) is 11.4 Å². The van der Waals surface area contributed by atoms with Gasteiger partial charge in [-0.1, -0.05) is 11.6 Å². The molecule has 0 N–H and O–H groups in total. The van der Waals surface area contributed by atoms with Gasteiger partial charge in [-0.2, -0.15) is 0 Å². The van der Waals surface area contributed by atoms with Crippen LogP contribution in [0.2, 0.25) is 5.02 Å². The molecule has 20 heavy (non-hydrogen) atoms. The molecular weight excluding hydrogens is 344 g/mol. The van der Waals surface area contributed by atoms with Crippen LogP contribution in [-0.4, -0.2) is 29.9 Å². The third-order valence-electron chi connectivity index (χ3n) is 3.38. The third kappa shape index (κ3) is 2.45. The number of imidazole rings is 1. The fourth-order valence-corrected chi connectivity index (χ4v) is 3.16. The highest BCUT2D eigenvalue weighted by Gasteiger charge is 2.19. The Morgan fingerprint density at radius 3 is 3.05 bits per heavy atom. The fraction of sp³-hybridized carbons (Fsp3) is 0.357. The van der Waals surface area contributed by atoms with E-state index in [0.717, 1.165) is 35.6 Å². The molecular formula is C14H14BrClN2O2. The van der Waals surface area contributed by atoms with Crippen molar-refractivity contribution in [2.24, 2.45) is 0 Å². The molecule has 3 rings (SSSR count). The van der Waals surface area contributed by atoms with Crippen molar-refractivity contribution >= 4 is 27.5 Å². The molecule has 0 atom stereocenters. The van der Waals surface area contributed by atoms with Crippen molar-refractivity contribution in [3.63, 3.8) is 0 Å². The normalized spacial score (nSPS) is 14.8. The van der Waals surface area contributed by atoms with Gasteiger partial charge in [-0.25, -0.2) is 4.98 Å². The maximum atomic E-state index is 6.08. The Hall–Kier alpha value is -1.04. The first-order valence-electron chi connectivity index (χ1n) is 6.37. The van der Waals surface area contributed by atoms with Gasteiger partial charge < -0.3 is 14.0 Å². The van der Waals surface area contributed by atoms with Gasteiger partial charge in [0.05, 0.1) is 31.0 Å². The van der Waals surface area contributed by atoms with Gasteiger partial charge >= 0.3 is 0 Å². The first-order chi connectivity index (χ1) is 9.70. The van der Waals surface area contributed by atoms with Gasteiger partial charge in [0, 0.05) is 18.5 Å². The quantitative estimate of drug-likeness (QED) is 0.825. The molecule has 6 heteroatoms. The predicted molar refractivity (Wildman–Crippen MR) is 81.4 cm³/mol. The van der Waals surface area contributed by atoms with Crippen molar-refractivity contribution in [2.45, 2.75) is 13.0 Å². The molecule has 0 radical (unpaired) electrons. The molecule has 0 saturated heterocycles. The SMILES string of the molecule is COc1cc(-c2nc(Br)c3n2CCOCC3)ccc1Cl. The molecule has 1 aliphatic rings. The van der Waals surface area contributed by atoms with E-state index >= 15 is 0 Å². The molecule has 0 fully saturated rings. The molecule has 1 aliphatic heterocycles. The smallest absolute Gasteiger partial charge is 0.141 e. The van der Waals surface area contributed by atoms with Crippen LogP contribution in [0.1, 0.15) is 5.69 Å². The summed E-state index contributed by atoms with van der Waals surface area (Å²) in [6.45, 7) is 2.23. The molecule has 2 heterocycles. The van der Waals surface area contributed by atoms with E-state index in [2.05, 4.69) is 25.5 Å². The molecule has 0 spiro atoms. The Morgan fingerprint density at radius 2 is 2.25 bits per heavy atom. The van der Waals surface area contributed by atoms with E-state index in [4.69, 9.17) is 21.1 Å². The van der Waals surface area contributed by atoms with Gasteiger partial charge in [0.25, 0.3) is 0 Å². The summed E-state index contributed by atoms with van der Waals surface area (Å²) in [5.41, 5.74) is 2.16. The second-order valence-corrected chi connectivity index (χ2v) is 5.69. The van der Waals surface area contributed by atoms with Gasteiger partial charge in [-0.05, 0) is 34.1 Å². The Balaban J connectivity index is 2.10. The van der Waals surface area contributed by atoms with Crippen LogP contribution in [0.3, 0.4) is 0 Å². The van der Waals surface area contributed by atoms with Gasteiger partial charge in [0.2, 0.25) is 0 Å². The summed E-state index contributed by atoms with van der Waals surface area (Å²) in [6.07, 6.45) is 0.859. The maximum Gasteiger partial charge on any atom is 0.141 e. The van der Waals surface area contributed by atoms with E-state index < -0.39 is 0 Å². The summed E-state index contributed by atoms with van der Waals surface area (Å²) in [6, 6.07) is 5.70. The van der Waals surface area contributed by atoms with Gasteiger partial charge in [-0.15, -0.1) is 0 Å². The lowest BCUT2D eigenvalue weighted by molar-refractivity contribution is 0.140. The molecule has 0 saturated carbocycles. The summed E-state index contributed by atoms with van der Waals surface area (Å²) < 4.78 is 13.9. The molecule has 4 nitrogen and oxygen atoms in total. The first-order valence-corrected chi connectivity index (χ1v) is 7.54. The minimum Gasteiger partial charge on any atom is -0.495 e. The van der Waals surface area contributed by atoms with Crippen molar-refractivity contribution in [1.29, 1.82) is 0 Å². The zero-order valence-electron chi connectivity index (χ0n) is 11.0. The molecule has 0 aliphatic carbocycles. The summed E-state index contributed by atoms with van der Waals surface area (Å²) in [7, 11) is 1.61. The monoisotopic (exact) mass is 356 g/mol. The summed E-state index contributed by atoms with van der Waals surface area (Å²) in [4.78, 5) is 4.63. The topological polar surface area (TPSA) is 36.3 Å². The number of rotatable bonds is 2. The Labute approximate surface area is 130 Å². The van der Waals surface area contributed by atoms with E-state index in [0.29, 0.717) is 17.4 Å². The van der Waals surface area contributed by atoms with Crippen LogP contribution in [0, 0.1) is 0 Å². The number of aromatic nitrogens is 2. The summed E-state index contributed by atoms with van der Waals surface area (Å²) >= 11 is 9.62. The van der Waals surface area contributed by atoms with Crippen molar-refractivity contribution in [3.05, 3.63) is 33.5 Å². The van der Waals surface area contributed by atoms with Crippen LogP contribution >= 0.6 is 27.5 Å². The Bertz CT molecular complexity index is 642. The highest BCUT2D eigenvalue weighted by atomic mass is 79.9. The van der Waals surface area contributed by atoms with Crippen LogP contribution < -0.4 is 4.74 Å². The largest absolute Gasteiger partial charge is 0.495 e. The molecule has 0 amide bonds. The van der Waals surface area contributed by atoms with E-state index in [1.807, 2.05) is 18.2 Å². The van der Waals surface area contributed by atoms with Gasteiger partial charge in [-0.3, -0.25) is 0 Å². The van der Waals surface area contributed by atoms with Gasteiger partial charge in [0.15, 0.2) is 0 Å². The lowest BCUT2D eigenvalue weighted by Crippen LogP contribution is -2.05. The van der Waals surface area contributed by atoms with Crippen molar-refractivity contribution in [1.82, 2.24) is 9.55 Å². The van der Waals surface area contributed by atoms with Crippen molar-refractivity contribution < 1.29 is 9.47 Å². The number of ether oxygens (including phenoxy) is 2. The zero-order valence-corrected chi connectivity index (χ0v) is 13.4. The molecule has 2 aromatic rings. The lowest BCUT2D eigenvalue weighted by Gasteiger charge is -2.10. The Kier molecular flexibility index (Phi) is 4.01. The number of benzene rings is 1. The molecule has 0 unspecified atom stereocenters. The minimum absolute atomic E-state index is 0.598. The predicted octanol–water partition coefficient (Wildman–Crippen LogP) is 3.55. The molecule has 1 aromatic carbocycles. The highest BCUT2D eigenvalue weighted by Crippen LogP contribution is 2.32.